The van der Waals surface area contributed by atoms with Crippen LogP contribution in [-0.4, -0.2) is 62.0 Å². The molecular formula is C23H25N3O3. The summed E-state index contributed by atoms with van der Waals surface area (Å²) in [6, 6.07) is 16.6. The van der Waals surface area contributed by atoms with Crippen molar-refractivity contribution in [3.8, 4) is 11.1 Å². The van der Waals surface area contributed by atoms with Gasteiger partial charge in [-0.2, -0.15) is 0 Å². The fourth-order valence-electron chi connectivity index (χ4n) is 3.73. The summed E-state index contributed by atoms with van der Waals surface area (Å²) in [5.41, 5.74) is 1.80. The Bertz CT molecular complexity index is 1090. The molecule has 1 aliphatic heterocycles. The summed E-state index contributed by atoms with van der Waals surface area (Å²) in [6.07, 6.45) is 0. The van der Waals surface area contributed by atoms with Crippen molar-refractivity contribution >= 4 is 16.9 Å². The topological polar surface area (TPSA) is 65.8 Å². The number of rotatable bonds is 4. The second-order valence-electron chi connectivity index (χ2n) is 7.67. The van der Waals surface area contributed by atoms with Crippen molar-refractivity contribution in [2.24, 2.45) is 0 Å². The minimum atomic E-state index is -0.409. The molecule has 0 radical (unpaired) electrons. The van der Waals surface area contributed by atoms with Crippen molar-refractivity contribution in [2.45, 2.75) is 6.04 Å². The van der Waals surface area contributed by atoms with Gasteiger partial charge in [0, 0.05) is 43.2 Å². The average Bonchev–Trinajstić information content (AvgIpc) is 2.73. The quantitative estimate of drug-likeness (QED) is 0.692. The van der Waals surface area contributed by atoms with Crippen molar-refractivity contribution in [3.63, 3.8) is 0 Å². The van der Waals surface area contributed by atoms with Crippen LogP contribution < -0.4 is 10.9 Å². The third-order valence-electron chi connectivity index (χ3n) is 5.56. The van der Waals surface area contributed by atoms with Crippen molar-refractivity contribution in [1.82, 2.24) is 15.1 Å². The van der Waals surface area contributed by atoms with Crippen LogP contribution in [0.25, 0.3) is 22.1 Å². The van der Waals surface area contributed by atoms with Gasteiger partial charge in [-0.15, -0.1) is 0 Å². The molecule has 29 heavy (non-hydrogen) atoms. The number of carbonyl (C=O) groups is 1. The van der Waals surface area contributed by atoms with Gasteiger partial charge in [0.25, 0.3) is 5.91 Å². The number of benzene rings is 2. The molecule has 6 nitrogen and oxygen atoms in total. The molecule has 1 amide bonds. The summed E-state index contributed by atoms with van der Waals surface area (Å²) in [5, 5.41) is 3.88. The van der Waals surface area contributed by atoms with E-state index >= 15 is 0 Å². The number of nitrogens with zero attached hydrogens (tertiary/aromatic N) is 2. The van der Waals surface area contributed by atoms with Gasteiger partial charge in [0.1, 0.15) is 5.58 Å². The van der Waals surface area contributed by atoms with Gasteiger partial charge >= 0.3 is 5.63 Å². The first kappa shape index (κ1) is 19.4. The fourth-order valence-corrected chi connectivity index (χ4v) is 3.73. The lowest BCUT2D eigenvalue weighted by Gasteiger charge is -2.37. The van der Waals surface area contributed by atoms with Gasteiger partial charge < -0.3 is 14.6 Å². The lowest BCUT2D eigenvalue weighted by atomic mass is 10.0. The molecule has 2 heterocycles. The smallest absolute Gasteiger partial charge is 0.344 e. The highest BCUT2D eigenvalue weighted by Gasteiger charge is 2.22. The van der Waals surface area contributed by atoms with Crippen LogP contribution >= 0.6 is 0 Å². The van der Waals surface area contributed by atoms with Gasteiger partial charge in [-0.25, -0.2) is 4.79 Å². The molecule has 150 valence electrons. The van der Waals surface area contributed by atoms with Crippen molar-refractivity contribution in [3.05, 3.63) is 70.6 Å². The second-order valence-corrected chi connectivity index (χ2v) is 7.67. The molecule has 0 aliphatic carbocycles. The number of likely N-dealkylation sites (N-methyl/N-ethyl adjacent to an activating group) is 2. The van der Waals surface area contributed by atoms with Gasteiger partial charge in [0.05, 0.1) is 5.56 Å². The third-order valence-corrected chi connectivity index (χ3v) is 5.56. The van der Waals surface area contributed by atoms with E-state index in [1.165, 1.54) is 0 Å². The summed E-state index contributed by atoms with van der Waals surface area (Å²) in [4.78, 5) is 29.7. The van der Waals surface area contributed by atoms with Crippen LogP contribution in [0.4, 0.5) is 0 Å². The molecule has 1 fully saturated rings. The van der Waals surface area contributed by atoms with E-state index in [4.69, 9.17) is 4.42 Å². The monoisotopic (exact) mass is 391 g/mol. The van der Waals surface area contributed by atoms with Crippen molar-refractivity contribution in [2.75, 3.05) is 40.3 Å². The first-order valence-electron chi connectivity index (χ1n) is 9.81. The van der Waals surface area contributed by atoms with E-state index in [-0.39, 0.29) is 11.9 Å². The highest BCUT2D eigenvalue weighted by Crippen LogP contribution is 2.22. The van der Waals surface area contributed by atoms with Crippen LogP contribution in [0.15, 0.2) is 63.8 Å². The van der Waals surface area contributed by atoms with Crippen LogP contribution in [0.3, 0.4) is 0 Å². The standard InChI is InChI=1S/C23H25N3O3/c1-25-10-11-26(2)19(15-25)14-24-22(27)18-8-5-7-16(12-18)20-13-17-6-3-4-9-21(17)29-23(20)28/h3-9,12-13,19H,10-11,14-15H2,1-2H3,(H,24,27). The number of amides is 1. The Hall–Kier alpha value is -2.96. The van der Waals surface area contributed by atoms with E-state index in [2.05, 4.69) is 29.2 Å². The van der Waals surface area contributed by atoms with Crippen LogP contribution in [0.5, 0.6) is 0 Å². The molecule has 1 N–H and O–H groups in total. The van der Waals surface area contributed by atoms with Gasteiger partial charge in [-0.05, 0) is 43.9 Å². The lowest BCUT2D eigenvalue weighted by molar-refractivity contribution is 0.0881. The number of hydrogen-bond donors (Lipinski definition) is 1. The number of para-hydroxylation sites is 1. The molecule has 0 saturated carbocycles. The fraction of sp³-hybridized carbons (Fsp3) is 0.304. The zero-order valence-electron chi connectivity index (χ0n) is 16.7. The molecule has 6 heteroatoms. The molecule has 4 rings (SSSR count). The molecule has 0 bridgehead atoms. The molecule has 0 spiro atoms. The Morgan fingerprint density at radius 1 is 1.10 bits per heavy atom. The first-order chi connectivity index (χ1) is 14.0. The summed E-state index contributed by atoms with van der Waals surface area (Å²) >= 11 is 0. The molecule has 1 aromatic heterocycles. The summed E-state index contributed by atoms with van der Waals surface area (Å²) in [6.45, 7) is 3.54. The molecule has 2 aromatic carbocycles. The van der Waals surface area contributed by atoms with E-state index in [0.29, 0.717) is 28.8 Å². The molecule has 1 saturated heterocycles. The first-order valence-corrected chi connectivity index (χ1v) is 9.81. The summed E-state index contributed by atoms with van der Waals surface area (Å²) < 4.78 is 5.43. The second kappa shape index (κ2) is 8.19. The third kappa shape index (κ3) is 4.23. The normalized spacial score (nSPS) is 18.1. The number of nitrogens with one attached hydrogen (secondary N) is 1. The van der Waals surface area contributed by atoms with Crippen LogP contribution in [0.1, 0.15) is 10.4 Å². The molecular weight excluding hydrogens is 366 g/mol. The van der Waals surface area contributed by atoms with Crippen molar-refractivity contribution in [1.29, 1.82) is 0 Å². The number of hydrogen-bond acceptors (Lipinski definition) is 5. The Morgan fingerprint density at radius 2 is 1.93 bits per heavy atom. The van der Waals surface area contributed by atoms with Gasteiger partial charge in [-0.1, -0.05) is 30.3 Å². The molecule has 1 aliphatic rings. The predicted octanol–water partition coefficient (Wildman–Crippen LogP) is 2.44. The van der Waals surface area contributed by atoms with Gasteiger partial charge in [0.15, 0.2) is 0 Å². The van der Waals surface area contributed by atoms with Crippen LogP contribution in [-0.2, 0) is 0 Å². The highest BCUT2D eigenvalue weighted by molar-refractivity contribution is 5.95. The zero-order valence-corrected chi connectivity index (χ0v) is 16.7. The molecule has 1 unspecified atom stereocenters. The maximum Gasteiger partial charge on any atom is 0.344 e. The minimum Gasteiger partial charge on any atom is -0.422 e. The maximum absolute atomic E-state index is 12.7. The Labute approximate surface area is 169 Å². The largest absolute Gasteiger partial charge is 0.422 e. The maximum atomic E-state index is 12.7. The lowest BCUT2D eigenvalue weighted by Crippen LogP contribution is -2.54. The SMILES string of the molecule is CN1CCN(C)C(CNC(=O)c2cccc(-c3cc4ccccc4oc3=O)c2)C1. The number of fused-ring (bicyclic) bond motifs is 1. The zero-order chi connectivity index (χ0) is 20.4. The Morgan fingerprint density at radius 3 is 2.79 bits per heavy atom. The van der Waals surface area contributed by atoms with E-state index < -0.39 is 5.63 Å². The van der Waals surface area contributed by atoms with E-state index in [0.717, 1.165) is 25.0 Å². The molecule has 1 atom stereocenters. The number of piperazine rings is 1. The van der Waals surface area contributed by atoms with Gasteiger partial charge in [-0.3, -0.25) is 9.69 Å². The number of carbonyl (C=O) groups excluding carboxylic acids is 1. The van der Waals surface area contributed by atoms with E-state index in [1.807, 2.05) is 30.3 Å². The van der Waals surface area contributed by atoms with E-state index in [9.17, 15) is 9.59 Å². The van der Waals surface area contributed by atoms with E-state index in [1.54, 1.807) is 24.3 Å². The average molecular weight is 391 g/mol. The minimum absolute atomic E-state index is 0.140. The van der Waals surface area contributed by atoms with Gasteiger partial charge in [0.2, 0.25) is 0 Å². The summed E-state index contributed by atoms with van der Waals surface area (Å²) in [5.74, 6) is -0.140. The summed E-state index contributed by atoms with van der Waals surface area (Å²) in [7, 11) is 4.18. The van der Waals surface area contributed by atoms with Crippen molar-refractivity contribution < 1.29 is 9.21 Å². The molecule has 3 aromatic rings. The Kier molecular flexibility index (Phi) is 5.47. The van der Waals surface area contributed by atoms with Crippen LogP contribution in [0.2, 0.25) is 0 Å². The van der Waals surface area contributed by atoms with Crippen LogP contribution in [0, 0.1) is 0 Å². The predicted molar refractivity (Wildman–Crippen MR) is 114 cm³/mol. The Balaban J connectivity index is 1.53. The highest BCUT2D eigenvalue weighted by atomic mass is 16.4.